The summed E-state index contributed by atoms with van der Waals surface area (Å²) in [6, 6.07) is 3.97. The van der Waals surface area contributed by atoms with Crippen molar-refractivity contribution in [1.29, 1.82) is 0 Å². The molecule has 0 aromatic carbocycles. The minimum atomic E-state index is -0.459. The molecule has 108 valence electrons. The molecule has 0 fully saturated rings. The molecule has 2 aromatic heterocycles. The van der Waals surface area contributed by atoms with Gasteiger partial charge >= 0.3 is 5.97 Å². The van der Waals surface area contributed by atoms with Gasteiger partial charge < -0.3 is 9.30 Å². The first-order chi connectivity index (χ1) is 9.37. The molecule has 0 radical (unpaired) electrons. The molecule has 2 rings (SSSR count). The van der Waals surface area contributed by atoms with Crippen LogP contribution in [-0.2, 0) is 16.6 Å². The number of hydrogen-bond acceptors (Lipinski definition) is 6. The molecule has 0 aliphatic heterocycles. The highest BCUT2D eigenvalue weighted by Gasteiger charge is 2.18. The standard InChI is InChI=1S/C13H17N3O2S2/c1-13(2,3)18-10(17)8-20-12-15-14-11(16(12)4)9-6-5-7-19-9/h5-7H,8H2,1-4H3. The number of ether oxygens (including phenoxy) is 1. The summed E-state index contributed by atoms with van der Waals surface area (Å²) in [5.74, 6) is 0.795. The molecule has 0 bridgehead atoms. The molecule has 7 heteroatoms. The van der Waals surface area contributed by atoms with E-state index in [2.05, 4.69) is 10.2 Å². The Balaban J connectivity index is 2.00. The third-order valence-corrected chi connectivity index (χ3v) is 4.18. The van der Waals surface area contributed by atoms with Crippen LogP contribution in [0.1, 0.15) is 20.8 Å². The Kier molecular flexibility index (Phi) is 4.49. The predicted molar refractivity (Wildman–Crippen MR) is 80.9 cm³/mol. The fourth-order valence-corrected chi connectivity index (χ4v) is 2.98. The van der Waals surface area contributed by atoms with Gasteiger partial charge in [-0.3, -0.25) is 4.79 Å². The molecule has 0 saturated carbocycles. The zero-order chi connectivity index (χ0) is 14.8. The highest BCUT2D eigenvalue weighted by Crippen LogP contribution is 2.26. The monoisotopic (exact) mass is 311 g/mol. The van der Waals surface area contributed by atoms with E-state index in [1.165, 1.54) is 11.8 Å². The maximum absolute atomic E-state index is 11.7. The zero-order valence-corrected chi connectivity index (χ0v) is 13.5. The van der Waals surface area contributed by atoms with Crippen LogP contribution in [0.25, 0.3) is 10.7 Å². The lowest BCUT2D eigenvalue weighted by molar-refractivity contribution is -0.151. The normalized spacial score (nSPS) is 11.6. The maximum Gasteiger partial charge on any atom is 0.316 e. The van der Waals surface area contributed by atoms with E-state index in [0.29, 0.717) is 5.16 Å². The van der Waals surface area contributed by atoms with Crippen molar-refractivity contribution >= 4 is 29.1 Å². The largest absolute Gasteiger partial charge is 0.459 e. The zero-order valence-electron chi connectivity index (χ0n) is 11.9. The van der Waals surface area contributed by atoms with Gasteiger partial charge in [-0.15, -0.1) is 21.5 Å². The minimum Gasteiger partial charge on any atom is -0.459 e. The van der Waals surface area contributed by atoms with Crippen LogP contribution in [0.3, 0.4) is 0 Å². The van der Waals surface area contributed by atoms with E-state index in [9.17, 15) is 4.79 Å². The van der Waals surface area contributed by atoms with E-state index in [4.69, 9.17) is 4.74 Å². The summed E-state index contributed by atoms with van der Waals surface area (Å²) in [6.45, 7) is 5.56. The summed E-state index contributed by atoms with van der Waals surface area (Å²) in [5.41, 5.74) is -0.459. The fourth-order valence-electron chi connectivity index (χ4n) is 1.56. The van der Waals surface area contributed by atoms with Crippen molar-refractivity contribution in [3.63, 3.8) is 0 Å². The van der Waals surface area contributed by atoms with Gasteiger partial charge in [0.15, 0.2) is 11.0 Å². The van der Waals surface area contributed by atoms with Crippen molar-refractivity contribution in [2.24, 2.45) is 7.05 Å². The van der Waals surface area contributed by atoms with Gasteiger partial charge in [-0.2, -0.15) is 0 Å². The van der Waals surface area contributed by atoms with Gasteiger partial charge in [0, 0.05) is 7.05 Å². The first-order valence-corrected chi connectivity index (χ1v) is 8.01. The van der Waals surface area contributed by atoms with E-state index >= 15 is 0 Å². The van der Waals surface area contributed by atoms with Gasteiger partial charge in [0.2, 0.25) is 0 Å². The molecule has 0 spiro atoms. The van der Waals surface area contributed by atoms with Gasteiger partial charge in [-0.05, 0) is 32.2 Å². The lowest BCUT2D eigenvalue weighted by Crippen LogP contribution is -2.25. The third-order valence-electron chi connectivity index (χ3n) is 2.32. The lowest BCUT2D eigenvalue weighted by Gasteiger charge is -2.19. The SMILES string of the molecule is Cn1c(SCC(=O)OC(C)(C)C)nnc1-c1cccs1. The highest BCUT2D eigenvalue weighted by atomic mass is 32.2. The molecule has 0 N–H and O–H groups in total. The Morgan fingerprint density at radius 1 is 1.45 bits per heavy atom. The van der Waals surface area contributed by atoms with Crippen molar-refractivity contribution in [3.8, 4) is 10.7 Å². The van der Waals surface area contributed by atoms with Gasteiger partial charge in [0.25, 0.3) is 0 Å². The van der Waals surface area contributed by atoms with Crippen LogP contribution in [0.4, 0.5) is 0 Å². The number of hydrogen-bond donors (Lipinski definition) is 0. The smallest absolute Gasteiger partial charge is 0.316 e. The van der Waals surface area contributed by atoms with Crippen LogP contribution in [0.5, 0.6) is 0 Å². The first-order valence-electron chi connectivity index (χ1n) is 6.15. The van der Waals surface area contributed by atoms with Crippen molar-refractivity contribution in [2.75, 3.05) is 5.75 Å². The molecule has 0 aliphatic carbocycles. The molecular formula is C13H17N3O2S2. The Morgan fingerprint density at radius 2 is 2.20 bits per heavy atom. The molecule has 0 saturated heterocycles. The number of nitrogens with zero attached hydrogens (tertiary/aromatic N) is 3. The predicted octanol–water partition coefficient (Wildman–Crippen LogP) is 2.98. The number of thioether (sulfide) groups is 1. The van der Waals surface area contributed by atoms with E-state index in [-0.39, 0.29) is 11.7 Å². The molecule has 2 aromatic rings. The van der Waals surface area contributed by atoms with E-state index in [0.717, 1.165) is 10.7 Å². The summed E-state index contributed by atoms with van der Waals surface area (Å²) in [6.07, 6.45) is 0. The number of rotatable bonds is 4. The molecule has 0 amide bonds. The van der Waals surface area contributed by atoms with Crippen LogP contribution < -0.4 is 0 Å². The van der Waals surface area contributed by atoms with Crippen LogP contribution in [-0.4, -0.2) is 32.1 Å². The topological polar surface area (TPSA) is 57.0 Å². The Bertz CT molecular complexity index is 585. The molecule has 2 heterocycles. The fraction of sp³-hybridized carbons (Fsp3) is 0.462. The van der Waals surface area contributed by atoms with Crippen LogP contribution >= 0.6 is 23.1 Å². The van der Waals surface area contributed by atoms with Crippen LogP contribution in [0, 0.1) is 0 Å². The third kappa shape index (κ3) is 3.83. The molecule has 5 nitrogen and oxygen atoms in total. The van der Waals surface area contributed by atoms with Gasteiger partial charge in [0.05, 0.1) is 10.6 Å². The molecule has 0 unspecified atom stereocenters. The second-order valence-electron chi connectivity index (χ2n) is 5.22. The first kappa shape index (κ1) is 15.1. The molecule has 0 aliphatic rings. The Labute approximate surface area is 126 Å². The van der Waals surface area contributed by atoms with E-state index in [1.54, 1.807) is 11.3 Å². The second kappa shape index (κ2) is 5.97. The molecule has 0 atom stereocenters. The average Bonchev–Trinajstić information content (AvgIpc) is 2.93. The number of thiophene rings is 1. The highest BCUT2D eigenvalue weighted by molar-refractivity contribution is 7.99. The summed E-state index contributed by atoms with van der Waals surface area (Å²) in [4.78, 5) is 12.7. The van der Waals surface area contributed by atoms with Crippen molar-refractivity contribution in [2.45, 2.75) is 31.5 Å². The number of esters is 1. The minimum absolute atomic E-state index is 0.230. The number of aromatic nitrogens is 3. The maximum atomic E-state index is 11.7. The quantitative estimate of drug-likeness (QED) is 0.642. The lowest BCUT2D eigenvalue weighted by atomic mass is 10.2. The molecule has 20 heavy (non-hydrogen) atoms. The Hall–Kier alpha value is -1.34. The summed E-state index contributed by atoms with van der Waals surface area (Å²) < 4.78 is 7.15. The average molecular weight is 311 g/mol. The second-order valence-corrected chi connectivity index (χ2v) is 7.11. The van der Waals surface area contributed by atoms with Crippen LogP contribution in [0.15, 0.2) is 22.7 Å². The van der Waals surface area contributed by atoms with E-state index in [1.807, 2.05) is 49.9 Å². The summed E-state index contributed by atoms with van der Waals surface area (Å²) >= 11 is 2.94. The van der Waals surface area contributed by atoms with Gasteiger partial charge in [0.1, 0.15) is 5.60 Å². The molecular weight excluding hydrogens is 294 g/mol. The van der Waals surface area contributed by atoms with Gasteiger partial charge in [-0.25, -0.2) is 0 Å². The van der Waals surface area contributed by atoms with Crippen molar-refractivity contribution < 1.29 is 9.53 Å². The number of carbonyl (C=O) groups is 1. The number of carbonyl (C=O) groups excluding carboxylic acids is 1. The summed E-state index contributed by atoms with van der Waals surface area (Å²) in [5, 5.41) is 11.0. The van der Waals surface area contributed by atoms with Crippen molar-refractivity contribution in [3.05, 3.63) is 17.5 Å². The van der Waals surface area contributed by atoms with E-state index < -0.39 is 5.60 Å². The Morgan fingerprint density at radius 3 is 2.80 bits per heavy atom. The van der Waals surface area contributed by atoms with Crippen molar-refractivity contribution in [1.82, 2.24) is 14.8 Å². The summed E-state index contributed by atoms with van der Waals surface area (Å²) in [7, 11) is 1.90. The van der Waals surface area contributed by atoms with Crippen LogP contribution in [0.2, 0.25) is 0 Å². The van der Waals surface area contributed by atoms with Gasteiger partial charge in [-0.1, -0.05) is 17.8 Å².